The average Bonchev–Trinajstić information content (AvgIpc) is 2.50. The zero-order chi connectivity index (χ0) is 14.9. The zero-order valence-corrected chi connectivity index (χ0v) is 11.7. The molecule has 2 rings (SSSR count). The molecule has 0 amide bonds. The zero-order valence-electron chi connectivity index (χ0n) is 11.7. The maximum Gasteiger partial charge on any atom is 0.124 e. The van der Waals surface area contributed by atoms with Crippen LogP contribution in [0, 0.1) is 0 Å². The number of phenols is 2. The van der Waals surface area contributed by atoms with Crippen molar-refractivity contribution < 1.29 is 10.2 Å². The molecular formula is C17H18N2O2. The standard InChI is InChI=1S/C17H18N2O2/c20-16-8-3-1-6-14(16)12-18-10-5-11-19-13-15-7-2-4-9-17(15)21/h1-4,6-9,12-13,20-21H,5,10-11H2/b18-12-,19-13-. The Hall–Kier alpha value is -2.62. The Morgan fingerprint density at radius 1 is 0.714 bits per heavy atom. The summed E-state index contributed by atoms with van der Waals surface area (Å²) in [6.45, 7) is 1.29. The van der Waals surface area contributed by atoms with Crippen molar-refractivity contribution in [2.75, 3.05) is 13.1 Å². The molecule has 0 radical (unpaired) electrons. The molecule has 2 N–H and O–H groups in total. The Morgan fingerprint density at radius 3 is 1.57 bits per heavy atom. The SMILES string of the molecule is Oc1ccccc1/C=N\CCC/N=C\c1ccccc1O. The van der Waals surface area contributed by atoms with E-state index in [0.29, 0.717) is 13.1 Å². The molecule has 2 aromatic carbocycles. The van der Waals surface area contributed by atoms with Gasteiger partial charge in [-0.3, -0.25) is 9.98 Å². The maximum absolute atomic E-state index is 9.56. The van der Waals surface area contributed by atoms with E-state index in [0.717, 1.165) is 17.5 Å². The lowest BCUT2D eigenvalue weighted by molar-refractivity contribution is 0.474. The molecule has 0 heterocycles. The lowest BCUT2D eigenvalue weighted by Crippen LogP contribution is -1.90. The second-order valence-corrected chi connectivity index (χ2v) is 4.54. The summed E-state index contributed by atoms with van der Waals surface area (Å²) in [6.07, 6.45) is 4.15. The van der Waals surface area contributed by atoms with Crippen LogP contribution in [0.5, 0.6) is 11.5 Å². The highest BCUT2D eigenvalue weighted by Crippen LogP contribution is 2.13. The second-order valence-electron chi connectivity index (χ2n) is 4.54. The molecule has 4 heteroatoms. The van der Waals surface area contributed by atoms with Gasteiger partial charge in [-0.1, -0.05) is 24.3 Å². The topological polar surface area (TPSA) is 65.2 Å². The van der Waals surface area contributed by atoms with Crippen molar-refractivity contribution in [2.45, 2.75) is 6.42 Å². The molecule has 108 valence electrons. The molecule has 0 aliphatic heterocycles. The van der Waals surface area contributed by atoms with Gasteiger partial charge in [0.1, 0.15) is 11.5 Å². The highest BCUT2D eigenvalue weighted by Gasteiger charge is 1.95. The minimum atomic E-state index is 0.235. The minimum absolute atomic E-state index is 0.235. The van der Waals surface area contributed by atoms with Gasteiger partial charge in [-0.25, -0.2) is 0 Å². The van der Waals surface area contributed by atoms with Crippen LogP contribution in [0.25, 0.3) is 0 Å². The van der Waals surface area contributed by atoms with Gasteiger partial charge in [0.05, 0.1) is 0 Å². The van der Waals surface area contributed by atoms with Gasteiger partial charge in [-0.2, -0.15) is 0 Å². The van der Waals surface area contributed by atoms with Gasteiger partial charge in [0.2, 0.25) is 0 Å². The molecule has 0 unspecified atom stereocenters. The van der Waals surface area contributed by atoms with Crippen LogP contribution in [0.1, 0.15) is 17.5 Å². The van der Waals surface area contributed by atoms with Gasteiger partial charge in [-0.15, -0.1) is 0 Å². The lowest BCUT2D eigenvalue weighted by Gasteiger charge is -1.97. The summed E-state index contributed by atoms with van der Waals surface area (Å²) in [4.78, 5) is 8.51. The third-order valence-corrected chi connectivity index (χ3v) is 2.91. The second kappa shape index (κ2) is 7.85. The highest BCUT2D eigenvalue weighted by molar-refractivity contribution is 5.83. The summed E-state index contributed by atoms with van der Waals surface area (Å²) in [5.41, 5.74) is 1.44. The summed E-state index contributed by atoms with van der Waals surface area (Å²) in [5, 5.41) is 19.1. The highest BCUT2D eigenvalue weighted by atomic mass is 16.3. The fourth-order valence-electron chi connectivity index (χ4n) is 1.77. The third kappa shape index (κ3) is 4.76. The number of benzene rings is 2. The normalized spacial score (nSPS) is 11.4. The van der Waals surface area contributed by atoms with Crippen molar-refractivity contribution in [3.05, 3.63) is 59.7 Å². The van der Waals surface area contributed by atoms with E-state index in [9.17, 15) is 10.2 Å². The van der Waals surface area contributed by atoms with E-state index in [1.165, 1.54) is 0 Å². The van der Waals surface area contributed by atoms with E-state index < -0.39 is 0 Å². The molecule has 0 aliphatic rings. The number of phenolic OH excluding ortho intramolecular Hbond substituents is 2. The Bertz CT molecular complexity index is 581. The van der Waals surface area contributed by atoms with Crippen molar-refractivity contribution in [3.63, 3.8) is 0 Å². The molecule has 0 saturated heterocycles. The van der Waals surface area contributed by atoms with Gasteiger partial charge in [0.25, 0.3) is 0 Å². The van der Waals surface area contributed by atoms with Crippen LogP contribution in [-0.4, -0.2) is 35.7 Å². The molecule has 0 fully saturated rings. The van der Waals surface area contributed by atoms with Crippen LogP contribution in [-0.2, 0) is 0 Å². The Kier molecular flexibility index (Phi) is 5.52. The summed E-state index contributed by atoms with van der Waals surface area (Å²) in [5.74, 6) is 0.470. The molecule has 0 bridgehead atoms. The van der Waals surface area contributed by atoms with Gasteiger partial charge in [-0.05, 0) is 30.7 Å². The Morgan fingerprint density at radius 2 is 1.14 bits per heavy atom. The van der Waals surface area contributed by atoms with Crippen molar-refractivity contribution in [1.82, 2.24) is 0 Å². The predicted octanol–water partition coefficient (Wildman–Crippen LogP) is 3.03. The fourth-order valence-corrected chi connectivity index (χ4v) is 1.77. The summed E-state index contributed by atoms with van der Waals surface area (Å²) < 4.78 is 0. The number of aromatic hydroxyl groups is 2. The first-order valence-electron chi connectivity index (χ1n) is 6.83. The van der Waals surface area contributed by atoms with Crippen molar-refractivity contribution in [1.29, 1.82) is 0 Å². The number of hydrogen-bond donors (Lipinski definition) is 2. The molecule has 0 atom stereocenters. The van der Waals surface area contributed by atoms with E-state index in [-0.39, 0.29) is 11.5 Å². The number of nitrogens with zero attached hydrogens (tertiary/aromatic N) is 2. The molecular weight excluding hydrogens is 264 g/mol. The van der Waals surface area contributed by atoms with Crippen LogP contribution < -0.4 is 0 Å². The van der Waals surface area contributed by atoms with Gasteiger partial charge in [0, 0.05) is 36.6 Å². The molecule has 21 heavy (non-hydrogen) atoms. The molecule has 4 nitrogen and oxygen atoms in total. The van der Waals surface area contributed by atoms with Crippen molar-refractivity contribution in [3.8, 4) is 11.5 Å². The molecule has 2 aromatic rings. The van der Waals surface area contributed by atoms with E-state index in [1.54, 1.807) is 36.7 Å². The number of hydrogen-bond acceptors (Lipinski definition) is 4. The number of aliphatic imine (C=N–C) groups is 2. The summed E-state index contributed by atoms with van der Waals surface area (Å²) >= 11 is 0. The number of para-hydroxylation sites is 2. The Balaban J connectivity index is 1.73. The first-order chi connectivity index (χ1) is 10.3. The molecule has 0 spiro atoms. The van der Waals surface area contributed by atoms with Crippen molar-refractivity contribution in [2.24, 2.45) is 9.98 Å². The van der Waals surface area contributed by atoms with Crippen LogP contribution >= 0.6 is 0 Å². The molecule has 0 saturated carbocycles. The Labute approximate surface area is 124 Å². The fraction of sp³-hybridized carbons (Fsp3) is 0.176. The molecule has 0 aromatic heterocycles. The van der Waals surface area contributed by atoms with E-state index >= 15 is 0 Å². The van der Waals surface area contributed by atoms with Gasteiger partial charge in [0.15, 0.2) is 0 Å². The van der Waals surface area contributed by atoms with E-state index in [4.69, 9.17) is 0 Å². The number of rotatable bonds is 6. The quantitative estimate of drug-likeness (QED) is 0.632. The smallest absolute Gasteiger partial charge is 0.124 e. The lowest BCUT2D eigenvalue weighted by atomic mass is 10.2. The van der Waals surface area contributed by atoms with E-state index in [2.05, 4.69) is 9.98 Å². The first kappa shape index (κ1) is 14.8. The maximum atomic E-state index is 9.56. The molecule has 0 aliphatic carbocycles. The third-order valence-electron chi connectivity index (χ3n) is 2.91. The largest absolute Gasteiger partial charge is 0.507 e. The van der Waals surface area contributed by atoms with Gasteiger partial charge < -0.3 is 10.2 Å². The first-order valence-corrected chi connectivity index (χ1v) is 6.83. The average molecular weight is 282 g/mol. The van der Waals surface area contributed by atoms with Crippen LogP contribution in [0.2, 0.25) is 0 Å². The monoisotopic (exact) mass is 282 g/mol. The summed E-state index contributed by atoms with van der Waals surface area (Å²) in [7, 11) is 0. The predicted molar refractivity (Wildman–Crippen MR) is 85.8 cm³/mol. The summed E-state index contributed by atoms with van der Waals surface area (Å²) in [6, 6.07) is 14.2. The van der Waals surface area contributed by atoms with Crippen LogP contribution in [0.4, 0.5) is 0 Å². The van der Waals surface area contributed by atoms with Crippen molar-refractivity contribution >= 4 is 12.4 Å². The van der Waals surface area contributed by atoms with Crippen LogP contribution in [0.3, 0.4) is 0 Å². The van der Waals surface area contributed by atoms with Gasteiger partial charge >= 0.3 is 0 Å². The van der Waals surface area contributed by atoms with E-state index in [1.807, 2.05) is 24.3 Å². The minimum Gasteiger partial charge on any atom is -0.507 e. The van der Waals surface area contributed by atoms with Crippen LogP contribution in [0.15, 0.2) is 58.5 Å².